The van der Waals surface area contributed by atoms with Gasteiger partial charge in [0.15, 0.2) is 0 Å². The first-order chi connectivity index (χ1) is 10.0. The van der Waals surface area contributed by atoms with Crippen molar-refractivity contribution in [2.24, 2.45) is 0 Å². The highest BCUT2D eigenvalue weighted by Crippen LogP contribution is 2.16. The zero-order valence-electron chi connectivity index (χ0n) is 12.4. The summed E-state index contributed by atoms with van der Waals surface area (Å²) in [5, 5.41) is 6.79. The average Bonchev–Trinajstić information content (AvgIpc) is 2.48. The zero-order chi connectivity index (χ0) is 15.3. The van der Waals surface area contributed by atoms with E-state index in [1.54, 1.807) is 24.3 Å². The van der Waals surface area contributed by atoms with E-state index in [9.17, 15) is 8.42 Å². The molecule has 118 valence electrons. The molecule has 0 saturated carbocycles. The van der Waals surface area contributed by atoms with Crippen LogP contribution in [0.15, 0.2) is 29.2 Å². The van der Waals surface area contributed by atoms with Crippen molar-refractivity contribution in [3.63, 3.8) is 0 Å². The first-order valence-corrected chi connectivity index (χ1v) is 8.61. The van der Waals surface area contributed by atoms with Gasteiger partial charge in [0.05, 0.1) is 18.1 Å². The van der Waals surface area contributed by atoms with Crippen LogP contribution in [0.4, 0.5) is 5.69 Å². The monoisotopic (exact) mass is 313 g/mol. The molecule has 21 heavy (non-hydrogen) atoms. The number of ether oxygens (including phenoxy) is 1. The molecule has 1 aliphatic rings. The van der Waals surface area contributed by atoms with Crippen LogP contribution >= 0.6 is 0 Å². The molecule has 7 heteroatoms. The summed E-state index contributed by atoms with van der Waals surface area (Å²) in [6, 6.07) is 7.41. The van der Waals surface area contributed by atoms with Gasteiger partial charge in [0.2, 0.25) is 10.0 Å². The fourth-order valence-corrected chi connectivity index (χ4v) is 3.12. The van der Waals surface area contributed by atoms with Gasteiger partial charge >= 0.3 is 0 Å². The molecule has 2 atom stereocenters. The number of hydrogen-bond donors (Lipinski definition) is 3. The van der Waals surface area contributed by atoms with Gasteiger partial charge in [-0.2, -0.15) is 0 Å². The number of rotatable bonds is 6. The Morgan fingerprint density at radius 1 is 1.38 bits per heavy atom. The number of nitrogens with one attached hydrogen (secondary N) is 3. The first kappa shape index (κ1) is 16.2. The Hall–Kier alpha value is -1.15. The van der Waals surface area contributed by atoms with Gasteiger partial charge in [-0.15, -0.1) is 0 Å². The lowest BCUT2D eigenvalue weighted by Gasteiger charge is -2.27. The van der Waals surface area contributed by atoms with Gasteiger partial charge < -0.3 is 15.4 Å². The highest BCUT2D eigenvalue weighted by Gasteiger charge is 2.16. The Labute approximate surface area is 126 Å². The largest absolute Gasteiger partial charge is 0.383 e. The van der Waals surface area contributed by atoms with E-state index in [0.29, 0.717) is 6.04 Å². The van der Waals surface area contributed by atoms with Crippen LogP contribution in [0.3, 0.4) is 0 Å². The number of morpholine rings is 1. The molecule has 2 rings (SSSR count). The highest BCUT2D eigenvalue weighted by molar-refractivity contribution is 7.89. The second-order valence-corrected chi connectivity index (χ2v) is 7.13. The van der Waals surface area contributed by atoms with Crippen LogP contribution in [-0.2, 0) is 14.8 Å². The molecule has 3 N–H and O–H groups in total. The molecule has 1 aromatic rings. The Kier molecular flexibility index (Phi) is 5.58. The maximum Gasteiger partial charge on any atom is 0.240 e. The fourth-order valence-electron chi connectivity index (χ4n) is 2.39. The summed E-state index contributed by atoms with van der Waals surface area (Å²) in [6.45, 7) is 4.52. The quantitative estimate of drug-likeness (QED) is 0.723. The molecule has 0 bridgehead atoms. The highest BCUT2D eigenvalue weighted by atomic mass is 32.2. The van der Waals surface area contributed by atoms with E-state index < -0.39 is 10.0 Å². The topological polar surface area (TPSA) is 79.5 Å². The third kappa shape index (κ3) is 4.67. The van der Waals surface area contributed by atoms with Crippen molar-refractivity contribution in [1.82, 2.24) is 10.0 Å². The minimum Gasteiger partial charge on any atom is -0.383 e. The van der Waals surface area contributed by atoms with E-state index in [0.717, 1.165) is 31.9 Å². The Morgan fingerprint density at radius 2 is 2.10 bits per heavy atom. The Bertz CT molecular complexity index is 539. The Morgan fingerprint density at radius 3 is 2.67 bits per heavy atom. The minimum absolute atomic E-state index is 0.269. The lowest BCUT2D eigenvalue weighted by Crippen LogP contribution is -2.43. The van der Waals surface area contributed by atoms with Crippen LogP contribution in [0.5, 0.6) is 0 Å². The van der Waals surface area contributed by atoms with Crippen molar-refractivity contribution >= 4 is 15.7 Å². The second kappa shape index (κ2) is 7.22. The van der Waals surface area contributed by atoms with Crippen molar-refractivity contribution in [3.8, 4) is 0 Å². The van der Waals surface area contributed by atoms with Crippen LogP contribution in [0.1, 0.15) is 13.3 Å². The molecule has 0 aliphatic carbocycles. The van der Waals surface area contributed by atoms with Crippen LogP contribution in [0.2, 0.25) is 0 Å². The number of anilines is 1. The summed E-state index contributed by atoms with van der Waals surface area (Å²) in [6.07, 6.45) is 0.955. The summed E-state index contributed by atoms with van der Waals surface area (Å²) in [5.41, 5.74) is 0.911. The number of hydrogen-bond acceptors (Lipinski definition) is 5. The zero-order valence-corrected chi connectivity index (χ0v) is 13.2. The van der Waals surface area contributed by atoms with Crippen LogP contribution in [-0.4, -0.2) is 47.3 Å². The molecule has 0 aromatic heterocycles. The maximum absolute atomic E-state index is 11.6. The maximum atomic E-state index is 11.6. The van der Waals surface area contributed by atoms with Gasteiger partial charge in [0, 0.05) is 24.3 Å². The smallest absolute Gasteiger partial charge is 0.240 e. The predicted octanol–water partition coefficient (Wildman–Crippen LogP) is 0.774. The summed E-state index contributed by atoms with van der Waals surface area (Å²) in [4.78, 5) is 0.269. The van der Waals surface area contributed by atoms with E-state index in [1.165, 1.54) is 7.05 Å². The van der Waals surface area contributed by atoms with Gasteiger partial charge in [-0.25, -0.2) is 13.1 Å². The first-order valence-electron chi connectivity index (χ1n) is 7.12. The molecule has 1 aromatic carbocycles. The van der Waals surface area contributed by atoms with Crippen molar-refractivity contribution in [2.45, 2.75) is 30.3 Å². The molecule has 1 heterocycles. The van der Waals surface area contributed by atoms with E-state index in [4.69, 9.17) is 4.74 Å². The summed E-state index contributed by atoms with van der Waals surface area (Å²) < 4.78 is 31.0. The molecular weight excluding hydrogens is 290 g/mol. The van der Waals surface area contributed by atoms with E-state index in [2.05, 4.69) is 22.3 Å². The minimum atomic E-state index is -3.37. The molecule has 1 saturated heterocycles. The third-order valence-corrected chi connectivity index (χ3v) is 4.91. The van der Waals surface area contributed by atoms with Crippen LogP contribution < -0.4 is 15.4 Å². The van der Waals surface area contributed by atoms with Gasteiger partial charge in [0.1, 0.15) is 0 Å². The van der Waals surface area contributed by atoms with E-state index in [-0.39, 0.29) is 10.9 Å². The lowest BCUT2D eigenvalue weighted by atomic mass is 10.1. The van der Waals surface area contributed by atoms with Crippen molar-refractivity contribution < 1.29 is 13.2 Å². The second-order valence-electron chi connectivity index (χ2n) is 5.24. The number of sulfonamides is 1. The molecule has 2 unspecified atom stereocenters. The van der Waals surface area contributed by atoms with Crippen LogP contribution in [0.25, 0.3) is 0 Å². The van der Waals surface area contributed by atoms with Gasteiger partial charge in [-0.3, -0.25) is 0 Å². The molecule has 0 spiro atoms. The van der Waals surface area contributed by atoms with E-state index in [1.807, 2.05) is 0 Å². The van der Waals surface area contributed by atoms with Crippen LogP contribution in [0, 0.1) is 0 Å². The standard InChI is InChI=1S/C14H23N3O3S/c1-11(9-13-10-20-8-7-16-13)17-12-3-5-14(6-4-12)21(18,19)15-2/h3-6,11,13,15-17H,7-10H2,1-2H3. The molecular formula is C14H23N3O3S. The summed E-state index contributed by atoms with van der Waals surface area (Å²) in [7, 11) is -1.96. The molecule has 0 radical (unpaired) electrons. The van der Waals surface area contributed by atoms with Crippen molar-refractivity contribution in [1.29, 1.82) is 0 Å². The summed E-state index contributed by atoms with van der Waals surface area (Å²) in [5.74, 6) is 0. The molecule has 1 fully saturated rings. The van der Waals surface area contributed by atoms with Gasteiger partial charge in [-0.1, -0.05) is 0 Å². The number of benzene rings is 1. The van der Waals surface area contributed by atoms with Gasteiger partial charge in [0.25, 0.3) is 0 Å². The van der Waals surface area contributed by atoms with Crippen molar-refractivity contribution in [3.05, 3.63) is 24.3 Å². The van der Waals surface area contributed by atoms with Gasteiger partial charge in [-0.05, 0) is 44.7 Å². The Balaban J connectivity index is 1.90. The SMILES string of the molecule is CNS(=O)(=O)c1ccc(NC(C)CC2COCCN2)cc1. The van der Waals surface area contributed by atoms with Crippen molar-refractivity contribution in [2.75, 3.05) is 32.1 Å². The average molecular weight is 313 g/mol. The predicted molar refractivity (Wildman–Crippen MR) is 83.0 cm³/mol. The summed E-state index contributed by atoms with van der Waals surface area (Å²) >= 11 is 0. The molecule has 0 amide bonds. The molecule has 1 aliphatic heterocycles. The fraction of sp³-hybridized carbons (Fsp3) is 0.571. The normalized spacial score (nSPS) is 21.0. The lowest BCUT2D eigenvalue weighted by molar-refractivity contribution is 0.0731. The van der Waals surface area contributed by atoms with E-state index >= 15 is 0 Å². The molecule has 6 nitrogen and oxygen atoms in total. The third-order valence-electron chi connectivity index (χ3n) is 3.48.